The molecular weight excluding hydrogens is 372 g/mol. The molecule has 6 heteroatoms. The van der Waals surface area contributed by atoms with E-state index in [0.717, 1.165) is 31.3 Å². The molecule has 0 aromatic heterocycles. The number of esters is 3. The molecule has 0 amide bonds. The predicted octanol–water partition coefficient (Wildman–Crippen LogP) is 3.21. The van der Waals surface area contributed by atoms with Gasteiger partial charge in [-0.2, -0.15) is 0 Å². The van der Waals surface area contributed by atoms with Crippen LogP contribution in [0.2, 0.25) is 0 Å². The minimum atomic E-state index is -1.14. The van der Waals surface area contributed by atoms with Gasteiger partial charge in [0.2, 0.25) is 0 Å². The molecule has 4 aliphatic rings. The zero-order valence-corrected chi connectivity index (χ0v) is 17.7. The van der Waals surface area contributed by atoms with E-state index in [-0.39, 0.29) is 17.3 Å². The normalized spacial score (nSPS) is 42.4. The first-order valence-electron chi connectivity index (χ1n) is 10.4. The molecule has 0 aromatic carbocycles. The lowest BCUT2D eigenvalue weighted by Gasteiger charge is -2.44. The van der Waals surface area contributed by atoms with Gasteiger partial charge in [-0.3, -0.25) is 14.4 Å². The van der Waals surface area contributed by atoms with Crippen molar-refractivity contribution in [1.29, 1.82) is 0 Å². The van der Waals surface area contributed by atoms with Gasteiger partial charge in [-0.1, -0.05) is 23.8 Å². The highest BCUT2D eigenvalue weighted by molar-refractivity contribution is 5.83. The van der Waals surface area contributed by atoms with E-state index in [0.29, 0.717) is 12.3 Å². The molecule has 3 fully saturated rings. The van der Waals surface area contributed by atoms with Gasteiger partial charge in [-0.05, 0) is 49.9 Å². The fourth-order valence-electron chi connectivity index (χ4n) is 7.16. The van der Waals surface area contributed by atoms with Crippen molar-refractivity contribution >= 4 is 17.9 Å². The first-order valence-corrected chi connectivity index (χ1v) is 10.4. The van der Waals surface area contributed by atoms with Gasteiger partial charge in [0.05, 0.1) is 20.1 Å². The summed E-state index contributed by atoms with van der Waals surface area (Å²) in [7, 11) is 2.75. The Hall–Kier alpha value is -2.11. The summed E-state index contributed by atoms with van der Waals surface area (Å²) in [4.78, 5) is 38.1. The fraction of sp³-hybridized carbons (Fsp3) is 0.696. The summed E-state index contributed by atoms with van der Waals surface area (Å²) < 4.78 is 16.1. The largest absolute Gasteiger partial charge is 0.469 e. The molecule has 0 saturated heterocycles. The summed E-state index contributed by atoms with van der Waals surface area (Å²) in [6, 6.07) is 0. The number of ether oxygens (including phenoxy) is 3. The van der Waals surface area contributed by atoms with E-state index in [1.807, 2.05) is 0 Å². The van der Waals surface area contributed by atoms with Crippen LogP contribution >= 0.6 is 0 Å². The van der Waals surface area contributed by atoms with Crippen LogP contribution in [0, 0.1) is 34.5 Å². The maximum absolute atomic E-state index is 13.2. The van der Waals surface area contributed by atoms with Gasteiger partial charge in [-0.25, -0.2) is 0 Å². The van der Waals surface area contributed by atoms with Crippen molar-refractivity contribution in [2.75, 3.05) is 14.2 Å². The minimum Gasteiger partial charge on any atom is -0.469 e. The summed E-state index contributed by atoms with van der Waals surface area (Å²) in [5.74, 6) is -1.43. The Balaban J connectivity index is 1.90. The molecule has 1 spiro atoms. The molecule has 0 aliphatic heterocycles. The number of hydrogen-bond acceptors (Lipinski definition) is 6. The number of methoxy groups -OCH3 is 2. The Kier molecular flexibility index (Phi) is 4.67. The molecule has 7 atom stereocenters. The van der Waals surface area contributed by atoms with Crippen molar-refractivity contribution in [2.45, 2.75) is 52.1 Å². The third-order valence-electron chi connectivity index (χ3n) is 8.24. The van der Waals surface area contributed by atoms with Crippen molar-refractivity contribution in [3.8, 4) is 0 Å². The molecule has 158 valence electrons. The SMILES string of the molecule is C=C1C[C@]23C[C@H]1CCC2C1=CC[C@H](OC(C)=O)[C@@](C)(C(=O)OC)C1[C@@H]3C(=O)OC. The zero-order valence-electron chi connectivity index (χ0n) is 17.7. The predicted molar refractivity (Wildman–Crippen MR) is 104 cm³/mol. The Labute approximate surface area is 171 Å². The molecule has 0 radical (unpaired) electrons. The number of carbonyl (C=O) groups is 3. The third-order valence-corrected chi connectivity index (χ3v) is 8.24. The Morgan fingerprint density at radius 1 is 1.17 bits per heavy atom. The molecule has 6 nitrogen and oxygen atoms in total. The third kappa shape index (κ3) is 2.57. The molecule has 2 unspecified atom stereocenters. The van der Waals surface area contributed by atoms with Crippen molar-refractivity contribution < 1.29 is 28.6 Å². The molecule has 4 aliphatic carbocycles. The fourth-order valence-corrected chi connectivity index (χ4v) is 7.16. The average Bonchev–Trinajstić information content (AvgIpc) is 3.12. The lowest BCUT2D eigenvalue weighted by molar-refractivity contribution is -0.179. The number of fused-ring (bicyclic) bond motifs is 3. The van der Waals surface area contributed by atoms with Crippen molar-refractivity contribution in [2.24, 2.45) is 34.5 Å². The van der Waals surface area contributed by atoms with Gasteiger partial charge in [-0.15, -0.1) is 0 Å². The average molecular weight is 402 g/mol. The second kappa shape index (κ2) is 6.71. The van der Waals surface area contributed by atoms with Crippen LogP contribution in [0.25, 0.3) is 0 Å². The lowest BCUT2D eigenvalue weighted by atomic mass is 9.60. The van der Waals surface area contributed by atoms with E-state index in [1.54, 1.807) is 6.92 Å². The van der Waals surface area contributed by atoms with E-state index in [9.17, 15) is 14.4 Å². The van der Waals surface area contributed by atoms with Crippen LogP contribution in [0.1, 0.15) is 46.0 Å². The van der Waals surface area contributed by atoms with Crippen LogP contribution in [0.5, 0.6) is 0 Å². The first-order chi connectivity index (χ1) is 13.7. The Morgan fingerprint density at radius 3 is 2.52 bits per heavy atom. The summed E-state index contributed by atoms with van der Waals surface area (Å²) in [6.45, 7) is 7.43. The van der Waals surface area contributed by atoms with E-state index >= 15 is 0 Å². The second-order valence-corrected chi connectivity index (χ2v) is 9.39. The van der Waals surface area contributed by atoms with Gasteiger partial charge in [0.15, 0.2) is 0 Å². The van der Waals surface area contributed by atoms with Crippen LogP contribution < -0.4 is 0 Å². The highest BCUT2D eigenvalue weighted by atomic mass is 16.6. The van der Waals surface area contributed by atoms with Gasteiger partial charge >= 0.3 is 17.9 Å². The van der Waals surface area contributed by atoms with E-state index in [2.05, 4.69) is 12.7 Å². The monoisotopic (exact) mass is 402 g/mol. The molecule has 3 saturated carbocycles. The highest BCUT2D eigenvalue weighted by Gasteiger charge is 2.71. The summed E-state index contributed by atoms with van der Waals surface area (Å²) in [5.41, 5.74) is 0.931. The molecule has 29 heavy (non-hydrogen) atoms. The molecule has 4 rings (SSSR count). The lowest BCUT2D eigenvalue weighted by Crippen LogP contribution is -2.53. The standard InChI is InChI=1S/C23H30O6/c1-12-10-23-11-14(12)6-8-16(23)15-7-9-17(29-13(2)24)22(3,21(26)28-5)18(15)19(23)20(25)27-4/h7,14,16-19H,1,6,8-11H2,2-5H3/t14-,16?,17+,18?,19-,22-,23+/m1/s1. The van der Waals surface area contributed by atoms with Crippen molar-refractivity contribution in [3.63, 3.8) is 0 Å². The van der Waals surface area contributed by atoms with Gasteiger partial charge < -0.3 is 14.2 Å². The number of carbonyl (C=O) groups excluding carboxylic acids is 3. The number of hydrogen-bond donors (Lipinski definition) is 0. The highest BCUT2D eigenvalue weighted by Crippen LogP contribution is 2.72. The van der Waals surface area contributed by atoms with Crippen molar-refractivity contribution in [1.82, 2.24) is 0 Å². The van der Waals surface area contributed by atoms with Crippen LogP contribution in [-0.4, -0.2) is 38.2 Å². The quantitative estimate of drug-likeness (QED) is 0.410. The van der Waals surface area contributed by atoms with Gasteiger partial charge in [0.25, 0.3) is 0 Å². The van der Waals surface area contributed by atoms with Crippen LogP contribution in [0.3, 0.4) is 0 Å². The molecular formula is C23H30O6. The molecule has 0 aromatic rings. The van der Waals surface area contributed by atoms with Gasteiger partial charge in [0, 0.05) is 19.3 Å². The van der Waals surface area contributed by atoms with Crippen LogP contribution in [0.15, 0.2) is 23.8 Å². The van der Waals surface area contributed by atoms with Crippen LogP contribution in [-0.2, 0) is 28.6 Å². The molecule has 2 bridgehead atoms. The Bertz CT molecular complexity index is 812. The number of rotatable bonds is 3. The summed E-state index contributed by atoms with van der Waals surface area (Å²) in [5, 5.41) is 0. The maximum atomic E-state index is 13.2. The zero-order chi connectivity index (χ0) is 21.1. The molecule has 0 N–H and O–H groups in total. The first kappa shape index (κ1) is 20.2. The molecule has 0 heterocycles. The summed E-state index contributed by atoms with van der Waals surface area (Å²) >= 11 is 0. The minimum absolute atomic E-state index is 0.217. The van der Waals surface area contributed by atoms with E-state index in [1.165, 1.54) is 26.7 Å². The smallest absolute Gasteiger partial charge is 0.315 e. The maximum Gasteiger partial charge on any atom is 0.315 e. The van der Waals surface area contributed by atoms with E-state index in [4.69, 9.17) is 14.2 Å². The van der Waals surface area contributed by atoms with E-state index < -0.39 is 35.3 Å². The summed E-state index contributed by atoms with van der Waals surface area (Å²) in [6.07, 6.45) is 5.61. The second-order valence-electron chi connectivity index (χ2n) is 9.39. The topological polar surface area (TPSA) is 78.9 Å². The van der Waals surface area contributed by atoms with Gasteiger partial charge in [0.1, 0.15) is 11.5 Å². The Morgan fingerprint density at radius 2 is 1.90 bits per heavy atom. The van der Waals surface area contributed by atoms with Crippen molar-refractivity contribution in [3.05, 3.63) is 23.8 Å². The number of allylic oxidation sites excluding steroid dienone is 2. The van der Waals surface area contributed by atoms with Crippen LogP contribution in [0.4, 0.5) is 0 Å².